The number of hydrogen-bond acceptors (Lipinski definition) is 4. The number of non-ortho nitro benzene ring substituents is 1. The van der Waals surface area contributed by atoms with Gasteiger partial charge in [-0.2, -0.15) is 0 Å². The smallest absolute Gasteiger partial charge is 0.272 e. The molecule has 1 N–H and O–H groups in total. The summed E-state index contributed by atoms with van der Waals surface area (Å²) >= 11 is 0. The van der Waals surface area contributed by atoms with Gasteiger partial charge in [0.25, 0.3) is 5.69 Å². The van der Waals surface area contributed by atoms with Gasteiger partial charge in [0.05, 0.1) is 11.0 Å². The van der Waals surface area contributed by atoms with E-state index in [1.165, 1.54) is 12.1 Å². The van der Waals surface area contributed by atoms with Crippen molar-refractivity contribution in [2.45, 2.75) is 13.5 Å². The van der Waals surface area contributed by atoms with Gasteiger partial charge in [-0.05, 0) is 37.2 Å². The van der Waals surface area contributed by atoms with Gasteiger partial charge in [0.2, 0.25) is 0 Å². The predicted molar refractivity (Wildman–Crippen MR) is 77.1 cm³/mol. The van der Waals surface area contributed by atoms with Crippen LogP contribution < -0.4 is 10.1 Å². The number of benzene rings is 2. The van der Waals surface area contributed by atoms with Crippen LogP contribution in [0.2, 0.25) is 0 Å². The molecule has 2 aromatic carbocycles. The monoisotopic (exact) mass is 290 g/mol. The normalized spacial score (nSPS) is 10.4. The lowest BCUT2D eigenvalue weighted by molar-refractivity contribution is -0.385. The molecule has 5 nitrogen and oxygen atoms in total. The van der Waals surface area contributed by atoms with Gasteiger partial charge in [0.1, 0.15) is 5.75 Å². The highest BCUT2D eigenvalue weighted by atomic mass is 19.1. The first-order chi connectivity index (χ1) is 10.0. The van der Waals surface area contributed by atoms with Crippen LogP contribution in [0.5, 0.6) is 11.5 Å². The average molecular weight is 290 g/mol. The lowest BCUT2D eigenvalue weighted by atomic mass is 10.1. The first-order valence-electron chi connectivity index (χ1n) is 6.37. The highest BCUT2D eigenvalue weighted by molar-refractivity contribution is 5.43. The summed E-state index contributed by atoms with van der Waals surface area (Å²) in [5.41, 5.74) is 1.55. The number of nitrogens with zero attached hydrogens (tertiary/aromatic N) is 1. The van der Waals surface area contributed by atoms with Crippen LogP contribution in [-0.4, -0.2) is 12.0 Å². The third-order valence-corrected chi connectivity index (χ3v) is 2.98. The minimum atomic E-state index is -0.761. The first kappa shape index (κ1) is 14.9. The SMILES string of the molecule is CNCc1ccc(C)c(Oc2ccc([N+](=O)[O-])cc2F)c1. The molecule has 0 aliphatic rings. The average Bonchev–Trinajstić information content (AvgIpc) is 2.44. The molecule has 0 bridgehead atoms. The summed E-state index contributed by atoms with van der Waals surface area (Å²) in [4.78, 5) is 9.94. The number of aryl methyl sites for hydroxylation is 1. The number of nitro groups is 1. The van der Waals surface area contributed by atoms with Gasteiger partial charge in [-0.3, -0.25) is 10.1 Å². The van der Waals surface area contributed by atoms with Crippen molar-refractivity contribution in [2.75, 3.05) is 7.05 Å². The maximum absolute atomic E-state index is 13.8. The summed E-state index contributed by atoms with van der Waals surface area (Å²) in [5, 5.41) is 13.6. The van der Waals surface area contributed by atoms with Crippen molar-refractivity contribution in [1.82, 2.24) is 5.32 Å². The Bertz CT molecular complexity index is 674. The summed E-state index contributed by atoms with van der Waals surface area (Å²) in [6.45, 7) is 2.52. The Labute approximate surface area is 121 Å². The predicted octanol–water partition coefficient (Wildman–Crippen LogP) is 3.55. The molecule has 0 aromatic heterocycles. The lowest BCUT2D eigenvalue weighted by Gasteiger charge is -2.11. The van der Waals surface area contributed by atoms with Gasteiger partial charge < -0.3 is 10.1 Å². The lowest BCUT2D eigenvalue weighted by Crippen LogP contribution is -2.05. The summed E-state index contributed by atoms with van der Waals surface area (Å²) in [5.74, 6) is -0.275. The Morgan fingerprint density at radius 3 is 2.62 bits per heavy atom. The molecule has 2 aromatic rings. The molecule has 0 fully saturated rings. The zero-order valence-corrected chi connectivity index (χ0v) is 11.7. The number of rotatable bonds is 5. The Morgan fingerprint density at radius 1 is 1.24 bits per heavy atom. The Balaban J connectivity index is 2.29. The molecule has 6 heteroatoms. The second-order valence-electron chi connectivity index (χ2n) is 4.60. The van der Waals surface area contributed by atoms with E-state index in [0.29, 0.717) is 12.3 Å². The van der Waals surface area contributed by atoms with E-state index >= 15 is 0 Å². The molecule has 0 amide bonds. The van der Waals surface area contributed by atoms with Crippen molar-refractivity contribution >= 4 is 5.69 Å². The van der Waals surface area contributed by atoms with Crippen molar-refractivity contribution in [3.05, 3.63) is 63.5 Å². The fourth-order valence-corrected chi connectivity index (χ4v) is 1.87. The topological polar surface area (TPSA) is 64.4 Å². The van der Waals surface area contributed by atoms with E-state index in [-0.39, 0.29) is 11.4 Å². The van der Waals surface area contributed by atoms with Crippen molar-refractivity contribution < 1.29 is 14.1 Å². The molecule has 0 spiro atoms. The maximum atomic E-state index is 13.8. The summed E-state index contributed by atoms with van der Waals surface area (Å²) in [6.07, 6.45) is 0. The van der Waals surface area contributed by atoms with E-state index in [4.69, 9.17) is 4.74 Å². The van der Waals surface area contributed by atoms with Gasteiger partial charge in [-0.1, -0.05) is 12.1 Å². The van der Waals surface area contributed by atoms with E-state index < -0.39 is 10.7 Å². The molecule has 0 saturated heterocycles. The quantitative estimate of drug-likeness (QED) is 0.675. The largest absolute Gasteiger partial charge is 0.454 e. The molecule has 110 valence electrons. The van der Waals surface area contributed by atoms with Gasteiger partial charge in [-0.15, -0.1) is 0 Å². The molecular formula is C15H15FN2O3. The first-order valence-corrected chi connectivity index (χ1v) is 6.37. The molecule has 0 atom stereocenters. The summed E-state index contributed by atoms with van der Waals surface area (Å²) < 4.78 is 19.4. The van der Waals surface area contributed by atoms with Crippen LogP contribution in [0.25, 0.3) is 0 Å². The highest BCUT2D eigenvalue weighted by Gasteiger charge is 2.13. The summed E-state index contributed by atoms with van der Waals surface area (Å²) in [6, 6.07) is 8.97. The standard InChI is InChI=1S/C15H15FN2O3/c1-10-3-4-11(9-17-2)7-15(10)21-14-6-5-12(18(19)20)8-13(14)16/h3-8,17H,9H2,1-2H3. The third kappa shape index (κ3) is 3.55. The zero-order chi connectivity index (χ0) is 15.4. The number of halogens is 1. The summed E-state index contributed by atoms with van der Waals surface area (Å²) in [7, 11) is 1.83. The molecule has 0 aliphatic heterocycles. The second kappa shape index (κ2) is 6.32. The van der Waals surface area contributed by atoms with E-state index in [0.717, 1.165) is 17.2 Å². The van der Waals surface area contributed by atoms with E-state index in [9.17, 15) is 14.5 Å². The van der Waals surface area contributed by atoms with Crippen molar-refractivity contribution in [3.63, 3.8) is 0 Å². The van der Waals surface area contributed by atoms with Crippen LogP contribution in [0.15, 0.2) is 36.4 Å². The number of hydrogen-bond donors (Lipinski definition) is 1. The van der Waals surface area contributed by atoms with Crippen molar-refractivity contribution in [3.8, 4) is 11.5 Å². The molecule has 0 radical (unpaired) electrons. The van der Waals surface area contributed by atoms with Crippen molar-refractivity contribution in [1.29, 1.82) is 0 Å². The minimum absolute atomic E-state index is 0.0368. The van der Waals surface area contributed by atoms with Crippen LogP contribution in [-0.2, 0) is 6.54 Å². The van der Waals surface area contributed by atoms with Crippen LogP contribution >= 0.6 is 0 Å². The molecule has 0 aliphatic carbocycles. The fraction of sp³-hybridized carbons (Fsp3) is 0.200. The van der Waals surface area contributed by atoms with Crippen LogP contribution in [0.4, 0.5) is 10.1 Å². The molecule has 0 unspecified atom stereocenters. The molecule has 0 heterocycles. The van der Waals surface area contributed by atoms with Crippen LogP contribution in [0.1, 0.15) is 11.1 Å². The fourth-order valence-electron chi connectivity index (χ4n) is 1.87. The van der Waals surface area contributed by atoms with Gasteiger partial charge in [-0.25, -0.2) is 4.39 Å². The van der Waals surface area contributed by atoms with E-state index in [1.807, 2.05) is 32.2 Å². The number of ether oxygens (including phenoxy) is 1. The molecule has 2 rings (SSSR count). The molecular weight excluding hydrogens is 275 g/mol. The van der Waals surface area contributed by atoms with E-state index in [1.54, 1.807) is 0 Å². The van der Waals surface area contributed by atoms with Gasteiger partial charge in [0, 0.05) is 12.6 Å². The third-order valence-electron chi connectivity index (χ3n) is 2.98. The van der Waals surface area contributed by atoms with Crippen LogP contribution in [0, 0.1) is 22.9 Å². The molecule has 0 saturated carbocycles. The number of nitrogens with one attached hydrogen (secondary N) is 1. The van der Waals surface area contributed by atoms with Crippen molar-refractivity contribution in [2.24, 2.45) is 0 Å². The van der Waals surface area contributed by atoms with Crippen LogP contribution in [0.3, 0.4) is 0 Å². The number of nitro benzene ring substituents is 1. The Hall–Kier alpha value is -2.47. The van der Waals surface area contributed by atoms with Gasteiger partial charge in [0.15, 0.2) is 11.6 Å². The van der Waals surface area contributed by atoms with Gasteiger partial charge >= 0.3 is 0 Å². The highest BCUT2D eigenvalue weighted by Crippen LogP contribution is 2.30. The zero-order valence-electron chi connectivity index (χ0n) is 11.7. The van der Waals surface area contributed by atoms with E-state index in [2.05, 4.69) is 5.32 Å². The Kier molecular flexibility index (Phi) is 4.49. The maximum Gasteiger partial charge on any atom is 0.272 e. The second-order valence-corrected chi connectivity index (χ2v) is 4.60. The minimum Gasteiger partial charge on any atom is -0.454 e. The Morgan fingerprint density at radius 2 is 2.00 bits per heavy atom. The molecule has 21 heavy (non-hydrogen) atoms.